The minimum Gasteiger partial charge on any atom is -0.454 e. The standard InChI is InChI=1S/C19H21N3O4/c1-11-5-14(12-6-16-17(26-10-25-16)7-13(12)20-11)22-8-15-18(9-22)24-4-3-19(23)21(15)2/h5-7,15,18H,3-4,8-10H2,1-2H3/t15-,18-/m0/s1. The molecule has 0 saturated carbocycles. The lowest BCUT2D eigenvalue weighted by Gasteiger charge is -2.25. The number of aryl methyl sites for hydroxylation is 1. The zero-order chi connectivity index (χ0) is 17.8. The molecule has 3 aliphatic heterocycles. The van der Waals surface area contributed by atoms with Gasteiger partial charge in [-0.25, -0.2) is 0 Å². The Labute approximate surface area is 151 Å². The maximum atomic E-state index is 12.2. The monoisotopic (exact) mass is 355 g/mol. The van der Waals surface area contributed by atoms with Crippen LogP contribution in [-0.2, 0) is 9.53 Å². The molecule has 136 valence electrons. The van der Waals surface area contributed by atoms with E-state index in [0.29, 0.717) is 13.0 Å². The van der Waals surface area contributed by atoms with Gasteiger partial charge in [0.25, 0.3) is 0 Å². The van der Waals surface area contributed by atoms with Gasteiger partial charge in [0.1, 0.15) is 0 Å². The fraction of sp³-hybridized carbons (Fsp3) is 0.474. The lowest BCUT2D eigenvalue weighted by molar-refractivity contribution is -0.130. The summed E-state index contributed by atoms with van der Waals surface area (Å²) in [6.45, 7) is 4.24. The van der Waals surface area contributed by atoms with Gasteiger partial charge in [-0.15, -0.1) is 0 Å². The lowest BCUT2D eigenvalue weighted by atomic mass is 10.1. The van der Waals surface area contributed by atoms with Gasteiger partial charge in [-0.3, -0.25) is 9.78 Å². The molecular weight excluding hydrogens is 334 g/mol. The van der Waals surface area contributed by atoms with Crippen molar-refractivity contribution >= 4 is 22.5 Å². The summed E-state index contributed by atoms with van der Waals surface area (Å²) in [5.41, 5.74) is 2.94. The van der Waals surface area contributed by atoms with E-state index in [1.807, 2.05) is 31.0 Å². The molecule has 0 N–H and O–H groups in total. The fourth-order valence-corrected chi connectivity index (χ4v) is 4.14. The van der Waals surface area contributed by atoms with Crippen LogP contribution in [0.2, 0.25) is 0 Å². The molecule has 0 radical (unpaired) electrons. The first kappa shape index (κ1) is 15.7. The minimum absolute atomic E-state index is 0.0315. The Hall–Kier alpha value is -2.54. The van der Waals surface area contributed by atoms with Crippen molar-refractivity contribution in [1.82, 2.24) is 9.88 Å². The number of likely N-dealkylation sites (N-methyl/N-ethyl adjacent to an activating group) is 1. The van der Waals surface area contributed by atoms with Gasteiger partial charge in [0.05, 0.1) is 30.7 Å². The molecule has 5 rings (SSSR count). The number of benzene rings is 1. The van der Waals surface area contributed by atoms with Gasteiger partial charge < -0.3 is 24.0 Å². The predicted octanol–water partition coefficient (Wildman–Crippen LogP) is 1.71. The van der Waals surface area contributed by atoms with E-state index >= 15 is 0 Å². The van der Waals surface area contributed by atoms with Crippen LogP contribution in [0.4, 0.5) is 5.69 Å². The van der Waals surface area contributed by atoms with Crippen LogP contribution in [0.5, 0.6) is 11.5 Å². The van der Waals surface area contributed by atoms with E-state index in [9.17, 15) is 4.79 Å². The van der Waals surface area contributed by atoms with Gasteiger partial charge in [-0.05, 0) is 19.1 Å². The van der Waals surface area contributed by atoms with Gasteiger partial charge in [0, 0.05) is 43.0 Å². The van der Waals surface area contributed by atoms with Crippen LogP contribution in [0.15, 0.2) is 18.2 Å². The van der Waals surface area contributed by atoms with E-state index in [1.54, 1.807) is 0 Å². The van der Waals surface area contributed by atoms with Crippen molar-refractivity contribution in [2.75, 3.05) is 38.4 Å². The van der Waals surface area contributed by atoms with Crippen LogP contribution < -0.4 is 14.4 Å². The summed E-state index contributed by atoms with van der Waals surface area (Å²) in [6, 6.07) is 6.11. The number of anilines is 1. The van der Waals surface area contributed by atoms with E-state index in [4.69, 9.17) is 14.2 Å². The Morgan fingerprint density at radius 3 is 2.81 bits per heavy atom. The Morgan fingerprint density at radius 1 is 1.15 bits per heavy atom. The van der Waals surface area contributed by atoms with Crippen molar-refractivity contribution in [3.63, 3.8) is 0 Å². The lowest BCUT2D eigenvalue weighted by Crippen LogP contribution is -2.42. The first-order chi connectivity index (χ1) is 12.6. The van der Waals surface area contributed by atoms with E-state index in [2.05, 4.69) is 16.0 Å². The molecule has 0 bridgehead atoms. The smallest absolute Gasteiger partial charge is 0.231 e. The largest absolute Gasteiger partial charge is 0.454 e. The Balaban J connectivity index is 1.56. The summed E-state index contributed by atoms with van der Waals surface area (Å²) < 4.78 is 17.0. The molecule has 7 nitrogen and oxygen atoms in total. The normalized spacial score (nSPS) is 24.9. The van der Waals surface area contributed by atoms with Gasteiger partial charge in [0.2, 0.25) is 12.7 Å². The number of aromatic nitrogens is 1. The molecule has 2 atom stereocenters. The van der Waals surface area contributed by atoms with E-state index < -0.39 is 0 Å². The molecule has 1 amide bonds. The van der Waals surface area contributed by atoms with Gasteiger partial charge in [-0.1, -0.05) is 0 Å². The molecule has 2 fully saturated rings. The Kier molecular flexibility index (Phi) is 3.46. The molecule has 4 heterocycles. The Bertz CT molecular complexity index is 900. The maximum Gasteiger partial charge on any atom is 0.231 e. The molecule has 26 heavy (non-hydrogen) atoms. The third-order valence-corrected chi connectivity index (χ3v) is 5.53. The first-order valence-electron chi connectivity index (χ1n) is 8.93. The SMILES string of the molecule is Cc1cc(N2C[C@@H]3OCCC(=O)N(C)[C@H]3C2)c2cc3c(cc2n1)OCO3. The second-order valence-electron chi connectivity index (χ2n) is 7.14. The number of rotatable bonds is 1. The number of ether oxygens (including phenoxy) is 3. The second-order valence-corrected chi connectivity index (χ2v) is 7.14. The van der Waals surface area contributed by atoms with Gasteiger partial charge in [-0.2, -0.15) is 0 Å². The summed E-state index contributed by atoms with van der Waals surface area (Å²) in [4.78, 5) is 21.0. The molecule has 1 aromatic carbocycles. The van der Waals surface area contributed by atoms with Crippen molar-refractivity contribution < 1.29 is 19.0 Å². The number of hydrogen-bond donors (Lipinski definition) is 0. The molecule has 2 aromatic rings. The number of carbonyl (C=O) groups excluding carboxylic acids is 1. The predicted molar refractivity (Wildman–Crippen MR) is 95.7 cm³/mol. The topological polar surface area (TPSA) is 64.1 Å². The number of amides is 1. The molecule has 3 aliphatic rings. The van der Waals surface area contributed by atoms with Crippen LogP contribution in [0, 0.1) is 6.92 Å². The molecule has 7 heteroatoms. The van der Waals surface area contributed by atoms with Gasteiger partial charge in [0.15, 0.2) is 11.5 Å². The zero-order valence-corrected chi connectivity index (χ0v) is 14.9. The molecule has 1 aromatic heterocycles. The van der Waals surface area contributed by atoms with Gasteiger partial charge >= 0.3 is 0 Å². The second kappa shape index (κ2) is 5.74. The van der Waals surface area contributed by atoms with Crippen molar-refractivity contribution in [1.29, 1.82) is 0 Å². The average molecular weight is 355 g/mol. The van der Waals surface area contributed by atoms with Crippen molar-refractivity contribution in [2.45, 2.75) is 25.5 Å². The minimum atomic E-state index is 0.0315. The maximum absolute atomic E-state index is 12.2. The van der Waals surface area contributed by atoms with Crippen LogP contribution in [0.3, 0.4) is 0 Å². The highest BCUT2D eigenvalue weighted by Gasteiger charge is 2.40. The molecule has 2 saturated heterocycles. The molecule has 0 spiro atoms. The van der Waals surface area contributed by atoms with Crippen molar-refractivity contribution in [3.05, 3.63) is 23.9 Å². The van der Waals surface area contributed by atoms with E-state index in [-0.39, 0.29) is 24.8 Å². The fourth-order valence-electron chi connectivity index (χ4n) is 4.14. The van der Waals surface area contributed by atoms with Crippen molar-refractivity contribution in [3.8, 4) is 11.5 Å². The number of carbonyl (C=O) groups is 1. The highest BCUT2D eigenvalue weighted by molar-refractivity contribution is 5.94. The highest BCUT2D eigenvalue weighted by Crippen LogP contribution is 2.40. The summed E-state index contributed by atoms with van der Waals surface area (Å²) in [7, 11) is 1.88. The summed E-state index contributed by atoms with van der Waals surface area (Å²) in [6.07, 6.45) is 0.494. The van der Waals surface area contributed by atoms with Crippen LogP contribution in [0.25, 0.3) is 10.9 Å². The van der Waals surface area contributed by atoms with Crippen molar-refractivity contribution in [2.24, 2.45) is 0 Å². The summed E-state index contributed by atoms with van der Waals surface area (Å²) in [5, 5.41) is 1.03. The molecule has 0 aliphatic carbocycles. The summed E-state index contributed by atoms with van der Waals surface area (Å²) in [5.74, 6) is 1.64. The third-order valence-electron chi connectivity index (χ3n) is 5.53. The number of fused-ring (bicyclic) bond motifs is 3. The van der Waals surface area contributed by atoms with Crippen LogP contribution >= 0.6 is 0 Å². The average Bonchev–Trinajstić information content (AvgIpc) is 3.22. The zero-order valence-electron chi connectivity index (χ0n) is 14.9. The van der Waals surface area contributed by atoms with E-state index in [1.165, 1.54) is 0 Å². The highest BCUT2D eigenvalue weighted by atomic mass is 16.7. The molecule has 0 unspecified atom stereocenters. The molecular formula is C19H21N3O4. The van der Waals surface area contributed by atoms with Crippen LogP contribution in [0.1, 0.15) is 12.1 Å². The third kappa shape index (κ3) is 2.38. The van der Waals surface area contributed by atoms with Crippen LogP contribution in [-0.4, -0.2) is 61.5 Å². The first-order valence-corrected chi connectivity index (χ1v) is 8.93. The summed E-state index contributed by atoms with van der Waals surface area (Å²) >= 11 is 0. The number of pyridine rings is 1. The quantitative estimate of drug-likeness (QED) is 0.776. The number of nitrogens with zero attached hydrogens (tertiary/aromatic N) is 3. The Morgan fingerprint density at radius 2 is 1.96 bits per heavy atom. The number of hydrogen-bond acceptors (Lipinski definition) is 6. The van der Waals surface area contributed by atoms with E-state index in [0.717, 1.165) is 46.9 Å².